The van der Waals surface area contributed by atoms with Crippen LogP contribution in [0.4, 0.5) is 5.69 Å². The maximum Gasteiger partial charge on any atom is 0.260 e. The molecule has 0 unspecified atom stereocenters. The number of hydrogen-bond acceptors (Lipinski definition) is 4. The highest BCUT2D eigenvalue weighted by molar-refractivity contribution is 7.89. The first-order chi connectivity index (χ1) is 9.97. The fourth-order valence-electron chi connectivity index (χ4n) is 2.81. The molecule has 0 bridgehead atoms. The Balaban J connectivity index is 2.22. The van der Waals surface area contributed by atoms with Crippen molar-refractivity contribution in [2.24, 2.45) is 0 Å². The molecule has 1 heterocycles. The third kappa shape index (κ3) is 4.17. The van der Waals surface area contributed by atoms with Crippen LogP contribution in [0.1, 0.15) is 52.4 Å². The number of anilines is 1. The van der Waals surface area contributed by atoms with Crippen LogP contribution < -0.4 is 10.0 Å². The SMILES string of the molecule is CCCNc1cccnc1S(=O)(=O)NC1(C)CCCCC1. The average Bonchev–Trinajstić information content (AvgIpc) is 2.45. The van der Waals surface area contributed by atoms with Crippen LogP contribution in [-0.4, -0.2) is 25.5 Å². The highest BCUT2D eigenvalue weighted by Crippen LogP contribution is 2.30. The van der Waals surface area contributed by atoms with Crippen molar-refractivity contribution in [2.45, 2.75) is 62.9 Å². The van der Waals surface area contributed by atoms with Crippen molar-refractivity contribution < 1.29 is 8.42 Å². The first-order valence-corrected chi connectivity index (χ1v) is 9.18. The first-order valence-electron chi connectivity index (χ1n) is 7.70. The summed E-state index contributed by atoms with van der Waals surface area (Å²) in [5.74, 6) is 0. The highest BCUT2D eigenvalue weighted by atomic mass is 32.2. The van der Waals surface area contributed by atoms with Crippen molar-refractivity contribution >= 4 is 15.7 Å². The van der Waals surface area contributed by atoms with E-state index in [1.807, 2.05) is 13.8 Å². The van der Waals surface area contributed by atoms with Crippen LogP contribution in [-0.2, 0) is 10.0 Å². The maximum absolute atomic E-state index is 12.7. The zero-order chi connectivity index (χ0) is 15.3. The van der Waals surface area contributed by atoms with Crippen molar-refractivity contribution in [3.63, 3.8) is 0 Å². The van der Waals surface area contributed by atoms with Gasteiger partial charge in [0, 0.05) is 18.3 Å². The summed E-state index contributed by atoms with van der Waals surface area (Å²) < 4.78 is 28.2. The van der Waals surface area contributed by atoms with Crippen LogP contribution in [0, 0.1) is 0 Å². The summed E-state index contributed by atoms with van der Waals surface area (Å²) in [6, 6.07) is 3.51. The zero-order valence-corrected chi connectivity index (χ0v) is 13.7. The second kappa shape index (κ2) is 6.75. The number of rotatable bonds is 6. The Bertz CT molecular complexity index is 566. The number of sulfonamides is 1. The molecule has 6 heteroatoms. The third-order valence-electron chi connectivity index (χ3n) is 3.93. The quantitative estimate of drug-likeness (QED) is 0.847. The molecular weight excluding hydrogens is 286 g/mol. The lowest BCUT2D eigenvalue weighted by molar-refractivity contribution is 0.293. The Hall–Kier alpha value is -1.14. The molecule has 1 aliphatic rings. The molecule has 0 atom stereocenters. The summed E-state index contributed by atoms with van der Waals surface area (Å²) in [6.45, 7) is 4.76. The van der Waals surface area contributed by atoms with E-state index < -0.39 is 10.0 Å². The highest BCUT2D eigenvalue weighted by Gasteiger charge is 2.33. The Morgan fingerprint density at radius 2 is 2.00 bits per heavy atom. The fraction of sp³-hybridized carbons (Fsp3) is 0.667. The molecule has 1 fully saturated rings. The third-order valence-corrected chi connectivity index (χ3v) is 5.52. The van der Waals surface area contributed by atoms with Gasteiger partial charge in [-0.3, -0.25) is 0 Å². The van der Waals surface area contributed by atoms with Gasteiger partial charge >= 0.3 is 0 Å². The molecule has 1 aromatic rings. The van der Waals surface area contributed by atoms with Crippen LogP contribution in [0.2, 0.25) is 0 Å². The molecule has 0 spiro atoms. The van der Waals surface area contributed by atoms with Gasteiger partial charge in [0.05, 0.1) is 5.69 Å². The Labute approximate surface area is 127 Å². The molecule has 0 radical (unpaired) electrons. The monoisotopic (exact) mass is 311 g/mol. The number of nitrogens with zero attached hydrogens (tertiary/aromatic N) is 1. The van der Waals surface area contributed by atoms with Gasteiger partial charge in [-0.2, -0.15) is 0 Å². The van der Waals surface area contributed by atoms with Crippen molar-refractivity contribution in [3.05, 3.63) is 18.3 Å². The average molecular weight is 311 g/mol. The zero-order valence-electron chi connectivity index (χ0n) is 12.9. The molecule has 0 amide bonds. The number of aromatic nitrogens is 1. The smallest absolute Gasteiger partial charge is 0.260 e. The van der Waals surface area contributed by atoms with E-state index in [2.05, 4.69) is 15.0 Å². The minimum atomic E-state index is -3.60. The molecule has 2 rings (SSSR count). The van der Waals surface area contributed by atoms with E-state index in [4.69, 9.17) is 0 Å². The van der Waals surface area contributed by atoms with Gasteiger partial charge in [0.1, 0.15) is 0 Å². The predicted molar refractivity (Wildman–Crippen MR) is 84.8 cm³/mol. The van der Waals surface area contributed by atoms with E-state index in [-0.39, 0.29) is 10.6 Å². The fourth-order valence-corrected chi connectivity index (χ4v) is 4.38. The second-order valence-corrected chi connectivity index (χ2v) is 7.61. The van der Waals surface area contributed by atoms with Crippen molar-refractivity contribution in [1.82, 2.24) is 9.71 Å². The molecule has 118 valence electrons. The van der Waals surface area contributed by atoms with Crippen LogP contribution in [0.25, 0.3) is 0 Å². The number of pyridine rings is 1. The van der Waals surface area contributed by atoms with Gasteiger partial charge in [0.25, 0.3) is 10.0 Å². The van der Waals surface area contributed by atoms with Crippen molar-refractivity contribution in [2.75, 3.05) is 11.9 Å². The lowest BCUT2D eigenvalue weighted by atomic mass is 9.84. The van der Waals surface area contributed by atoms with E-state index in [9.17, 15) is 8.42 Å². The number of nitrogens with one attached hydrogen (secondary N) is 2. The van der Waals surface area contributed by atoms with E-state index in [0.29, 0.717) is 5.69 Å². The molecule has 21 heavy (non-hydrogen) atoms. The summed E-state index contributed by atoms with van der Waals surface area (Å²) in [6.07, 6.45) is 7.55. The molecule has 0 aliphatic heterocycles. The van der Waals surface area contributed by atoms with Gasteiger partial charge in [0.15, 0.2) is 5.03 Å². The largest absolute Gasteiger partial charge is 0.383 e. The summed E-state index contributed by atoms with van der Waals surface area (Å²) in [5, 5.41) is 3.24. The minimum Gasteiger partial charge on any atom is -0.383 e. The molecule has 0 saturated heterocycles. The molecule has 0 aromatic carbocycles. The van der Waals surface area contributed by atoms with Crippen LogP contribution >= 0.6 is 0 Å². The van der Waals surface area contributed by atoms with Crippen molar-refractivity contribution in [1.29, 1.82) is 0 Å². The van der Waals surface area contributed by atoms with Gasteiger partial charge < -0.3 is 5.32 Å². The molecule has 1 aliphatic carbocycles. The molecule has 1 aromatic heterocycles. The van der Waals surface area contributed by atoms with Gasteiger partial charge in [-0.15, -0.1) is 0 Å². The summed E-state index contributed by atoms with van der Waals surface area (Å²) in [7, 11) is -3.60. The molecule has 2 N–H and O–H groups in total. The van der Waals surface area contributed by atoms with Crippen LogP contribution in [0.5, 0.6) is 0 Å². The van der Waals surface area contributed by atoms with Gasteiger partial charge in [-0.05, 0) is 38.3 Å². The predicted octanol–water partition coefficient (Wildman–Crippen LogP) is 2.90. The second-order valence-electron chi connectivity index (χ2n) is 6.01. The maximum atomic E-state index is 12.7. The summed E-state index contributed by atoms with van der Waals surface area (Å²) in [4.78, 5) is 4.09. The van der Waals surface area contributed by atoms with E-state index in [0.717, 1.165) is 38.6 Å². The number of hydrogen-bond donors (Lipinski definition) is 2. The van der Waals surface area contributed by atoms with E-state index in [1.165, 1.54) is 12.6 Å². The Morgan fingerprint density at radius 3 is 2.67 bits per heavy atom. The van der Waals surface area contributed by atoms with Crippen LogP contribution in [0.3, 0.4) is 0 Å². The van der Waals surface area contributed by atoms with E-state index in [1.54, 1.807) is 12.1 Å². The Morgan fingerprint density at radius 1 is 1.29 bits per heavy atom. The van der Waals surface area contributed by atoms with Gasteiger partial charge in [-0.1, -0.05) is 26.2 Å². The van der Waals surface area contributed by atoms with Crippen LogP contribution in [0.15, 0.2) is 23.4 Å². The molecule has 5 nitrogen and oxygen atoms in total. The molecule has 1 saturated carbocycles. The Kier molecular flexibility index (Phi) is 5.22. The van der Waals surface area contributed by atoms with Crippen molar-refractivity contribution in [3.8, 4) is 0 Å². The topological polar surface area (TPSA) is 71.1 Å². The lowest BCUT2D eigenvalue weighted by Gasteiger charge is -2.34. The minimum absolute atomic E-state index is 0.102. The van der Waals surface area contributed by atoms with Gasteiger partial charge in [0.2, 0.25) is 0 Å². The summed E-state index contributed by atoms with van der Waals surface area (Å²) >= 11 is 0. The van der Waals surface area contributed by atoms with Gasteiger partial charge in [-0.25, -0.2) is 18.1 Å². The lowest BCUT2D eigenvalue weighted by Crippen LogP contribution is -2.47. The first kappa shape index (κ1) is 16.2. The molecular formula is C15H25N3O2S. The summed E-state index contributed by atoms with van der Waals surface area (Å²) in [5.41, 5.74) is 0.225. The normalized spacial score (nSPS) is 18.4. The van der Waals surface area contributed by atoms with E-state index >= 15 is 0 Å². The standard InChI is InChI=1S/C15H25N3O2S/c1-3-11-16-13-8-7-12-17-14(13)21(19,20)18-15(2)9-5-4-6-10-15/h7-8,12,16,18H,3-6,9-11H2,1-2H3.